The highest BCUT2D eigenvalue weighted by molar-refractivity contribution is 5.79. The van der Waals surface area contributed by atoms with E-state index in [1.165, 1.54) is 0 Å². The van der Waals surface area contributed by atoms with Crippen LogP contribution in [0.3, 0.4) is 0 Å². The molecule has 0 rings (SSSR count). The molecule has 0 spiro atoms. The summed E-state index contributed by atoms with van der Waals surface area (Å²) >= 11 is 0. The van der Waals surface area contributed by atoms with E-state index < -0.39 is 29.9 Å². The molecule has 0 aliphatic heterocycles. The summed E-state index contributed by atoms with van der Waals surface area (Å²) in [7, 11) is 0. The van der Waals surface area contributed by atoms with Crippen molar-refractivity contribution in [3.05, 3.63) is 0 Å². The van der Waals surface area contributed by atoms with Crippen LogP contribution < -0.4 is 16.6 Å². The number of hydrogen-bond donors (Lipinski definition) is 5. The fourth-order valence-corrected chi connectivity index (χ4v) is 1.14. The topological polar surface area (TPSA) is 142 Å². The van der Waals surface area contributed by atoms with Crippen LogP contribution in [0.1, 0.15) is 26.7 Å². The van der Waals surface area contributed by atoms with Crippen LogP contribution in [0, 0.1) is 5.92 Å². The van der Waals surface area contributed by atoms with Crippen LogP contribution in [0.2, 0.25) is 0 Å². The standard InChI is InChI=1S/C10H19N3O5/c1-5(2)8(10(17)18)13-12-7(14)4-3-6(11)9(15)16/h5-6,8,13H,3-4,11H2,1-2H3,(H,12,14)(H,15,16)(H,17,18)/t6-,8-/m0/s1. The minimum absolute atomic E-state index is 0.0116. The van der Waals surface area contributed by atoms with E-state index >= 15 is 0 Å². The van der Waals surface area contributed by atoms with Crippen molar-refractivity contribution in [2.75, 3.05) is 0 Å². The molecule has 0 aromatic carbocycles. The van der Waals surface area contributed by atoms with Crippen LogP contribution in [-0.2, 0) is 14.4 Å². The second kappa shape index (κ2) is 7.62. The third-order valence-electron chi connectivity index (χ3n) is 2.30. The van der Waals surface area contributed by atoms with E-state index in [9.17, 15) is 14.4 Å². The van der Waals surface area contributed by atoms with E-state index in [2.05, 4.69) is 10.9 Å². The van der Waals surface area contributed by atoms with Gasteiger partial charge in [-0.2, -0.15) is 0 Å². The predicted octanol–water partition coefficient (Wildman–Crippen LogP) is -1.09. The summed E-state index contributed by atoms with van der Waals surface area (Å²) in [5.74, 6) is -2.96. The number of carbonyl (C=O) groups is 3. The van der Waals surface area contributed by atoms with E-state index in [4.69, 9.17) is 15.9 Å². The third-order valence-corrected chi connectivity index (χ3v) is 2.30. The van der Waals surface area contributed by atoms with Crippen molar-refractivity contribution in [3.8, 4) is 0 Å². The zero-order valence-electron chi connectivity index (χ0n) is 10.3. The Labute approximate surface area is 105 Å². The number of nitrogens with two attached hydrogens (primary N) is 1. The monoisotopic (exact) mass is 261 g/mol. The Morgan fingerprint density at radius 1 is 1.17 bits per heavy atom. The van der Waals surface area contributed by atoms with Crippen molar-refractivity contribution in [2.45, 2.75) is 38.8 Å². The molecule has 1 amide bonds. The second-order valence-corrected chi connectivity index (χ2v) is 4.24. The van der Waals surface area contributed by atoms with E-state index in [-0.39, 0.29) is 18.8 Å². The van der Waals surface area contributed by atoms with Crippen LogP contribution in [0.4, 0.5) is 0 Å². The number of carboxylic acid groups (broad SMARTS) is 2. The zero-order chi connectivity index (χ0) is 14.3. The van der Waals surface area contributed by atoms with Crippen LogP contribution in [-0.4, -0.2) is 40.1 Å². The molecule has 104 valence electrons. The summed E-state index contributed by atoms with van der Waals surface area (Å²) in [5, 5.41) is 17.3. The van der Waals surface area contributed by atoms with Gasteiger partial charge >= 0.3 is 11.9 Å². The van der Waals surface area contributed by atoms with Crippen molar-refractivity contribution >= 4 is 17.8 Å². The summed E-state index contributed by atoms with van der Waals surface area (Å²) in [4.78, 5) is 32.5. The van der Waals surface area contributed by atoms with Gasteiger partial charge in [-0.1, -0.05) is 13.8 Å². The molecule has 0 radical (unpaired) electrons. The van der Waals surface area contributed by atoms with Gasteiger partial charge in [0.1, 0.15) is 12.1 Å². The average molecular weight is 261 g/mol. The predicted molar refractivity (Wildman–Crippen MR) is 62.4 cm³/mol. The van der Waals surface area contributed by atoms with Gasteiger partial charge in [0.25, 0.3) is 0 Å². The minimum Gasteiger partial charge on any atom is -0.480 e. The van der Waals surface area contributed by atoms with E-state index in [0.29, 0.717) is 0 Å². The highest BCUT2D eigenvalue weighted by atomic mass is 16.4. The lowest BCUT2D eigenvalue weighted by atomic mass is 10.1. The van der Waals surface area contributed by atoms with Crippen molar-refractivity contribution in [1.29, 1.82) is 0 Å². The van der Waals surface area contributed by atoms with E-state index in [0.717, 1.165) is 0 Å². The van der Waals surface area contributed by atoms with Crippen molar-refractivity contribution in [1.82, 2.24) is 10.9 Å². The lowest BCUT2D eigenvalue weighted by molar-refractivity contribution is -0.141. The average Bonchev–Trinajstić information content (AvgIpc) is 2.24. The molecule has 0 unspecified atom stereocenters. The molecule has 0 saturated carbocycles. The van der Waals surface area contributed by atoms with Gasteiger partial charge in [-0.25, -0.2) is 5.43 Å². The van der Waals surface area contributed by atoms with E-state index in [1.807, 2.05) is 0 Å². The van der Waals surface area contributed by atoms with Gasteiger partial charge in [0.05, 0.1) is 0 Å². The number of aliphatic carboxylic acids is 2. The Bertz CT molecular complexity index is 319. The second-order valence-electron chi connectivity index (χ2n) is 4.24. The fraction of sp³-hybridized carbons (Fsp3) is 0.700. The zero-order valence-corrected chi connectivity index (χ0v) is 10.3. The first-order chi connectivity index (χ1) is 8.25. The Morgan fingerprint density at radius 2 is 1.72 bits per heavy atom. The lowest BCUT2D eigenvalue weighted by Crippen LogP contribution is -2.50. The van der Waals surface area contributed by atoms with Crippen LogP contribution in [0.5, 0.6) is 0 Å². The molecule has 2 atom stereocenters. The summed E-state index contributed by atoms with van der Waals surface area (Å²) in [5.41, 5.74) is 9.83. The first-order valence-corrected chi connectivity index (χ1v) is 5.51. The molecule has 0 saturated heterocycles. The molecule has 0 heterocycles. The van der Waals surface area contributed by atoms with Gasteiger partial charge in [0, 0.05) is 6.42 Å². The SMILES string of the molecule is CC(C)[C@H](NNC(=O)CC[C@H](N)C(=O)O)C(=O)O. The van der Waals surface area contributed by atoms with Gasteiger partial charge < -0.3 is 15.9 Å². The smallest absolute Gasteiger partial charge is 0.322 e. The van der Waals surface area contributed by atoms with Gasteiger partial charge in [0.2, 0.25) is 5.91 Å². The highest BCUT2D eigenvalue weighted by Gasteiger charge is 2.21. The molecule has 6 N–H and O–H groups in total. The molecule has 0 aliphatic carbocycles. The Kier molecular flexibility index (Phi) is 6.91. The Morgan fingerprint density at radius 3 is 2.11 bits per heavy atom. The molecule has 18 heavy (non-hydrogen) atoms. The van der Waals surface area contributed by atoms with E-state index in [1.54, 1.807) is 13.8 Å². The van der Waals surface area contributed by atoms with Crippen molar-refractivity contribution in [2.24, 2.45) is 11.7 Å². The van der Waals surface area contributed by atoms with Gasteiger partial charge in [-0.3, -0.25) is 19.8 Å². The molecular weight excluding hydrogens is 242 g/mol. The minimum atomic E-state index is -1.18. The summed E-state index contributed by atoms with van der Waals surface area (Å²) in [6.45, 7) is 3.39. The lowest BCUT2D eigenvalue weighted by Gasteiger charge is -2.18. The maximum atomic E-state index is 11.3. The summed E-state index contributed by atoms with van der Waals surface area (Å²) in [6.07, 6.45) is -0.104. The quantitative estimate of drug-likeness (QED) is 0.349. The third kappa shape index (κ3) is 6.16. The summed E-state index contributed by atoms with van der Waals surface area (Å²) < 4.78 is 0. The maximum absolute atomic E-state index is 11.3. The number of rotatable bonds is 8. The van der Waals surface area contributed by atoms with Gasteiger partial charge in [-0.05, 0) is 12.3 Å². The number of carboxylic acids is 2. The number of carbonyl (C=O) groups excluding carboxylic acids is 1. The largest absolute Gasteiger partial charge is 0.480 e. The molecule has 0 aromatic rings. The molecule has 8 nitrogen and oxygen atoms in total. The maximum Gasteiger partial charge on any atom is 0.322 e. The summed E-state index contributed by atoms with van der Waals surface area (Å²) in [6, 6.07) is -2.00. The first-order valence-electron chi connectivity index (χ1n) is 5.51. The van der Waals surface area contributed by atoms with Gasteiger partial charge in [0.15, 0.2) is 0 Å². The Hall–Kier alpha value is -1.67. The number of hydrazine groups is 1. The molecular formula is C10H19N3O5. The molecule has 0 fully saturated rings. The number of hydrogen-bond acceptors (Lipinski definition) is 5. The van der Waals surface area contributed by atoms with Crippen molar-refractivity contribution < 1.29 is 24.6 Å². The van der Waals surface area contributed by atoms with Crippen molar-refractivity contribution in [3.63, 3.8) is 0 Å². The highest BCUT2D eigenvalue weighted by Crippen LogP contribution is 2.00. The normalized spacial score (nSPS) is 14.0. The Balaban J connectivity index is 4.02. The number of amides is 1. The molecule has 0 aromatic heterocycles. The van der Waals surface area contributed by atoms with Crippen LogP contribution in [0.15, 0.2) is 0 Å². The van der Waals surface area contributed by atoms with Gasteiger partial charge in [-0.15, -0.1) is 0 Å². The first kappa shape index (κ1) is 16.3. The molecule has 0 aliphatic rings. The van der Waals surface area contributed by atoms with Crippen LogP contribution >= 0.6 is 0 Å². The molecule has 8 heteroatoms. The molecule has 0 bridgehead atoms. The fourth-order valence-electron chi connectivity index (χ4n) is 1.14. The van der Waals surface area contributed by atoms with Crippen LogP contribution in [0.25, 0.3) is 0 Å². The number of nitrogens with one attached hydrogen (secondary N) is 2.